The summed E-state index contributed by atoms with van der Waals surface area (Å²) < 4.78 is 29.1. The first kappa shape index (κ1) is 18.8. The number of aromatic amines is 1. The van der Waals surface area contributed by atoms with Crippen molar-refractivity contribution < 1.29 is 8.42 Å². The third kappa shape index (κ3) is 4.00. The lowest BCUT2D eigenvalue weighted by Crippen LogP contribution is -2.29. The zero-order valence-electron chi connectivity index (χ0n) is 15.1. The molecule has 1 aliphatic heterocycles. The predicted molar refractivity (Wildman–Crippen MR) is 118 cm³/mol. The van der Waals surface area contributed by atoms with E-state index in [4.69, 9.17) is 0 Å². The summed E-state index contributed by atoms with van der Waals surface area (Å²) in [6, 6.07) is 12.5. The molecule has 0 saturated carbocycles. The summed E-state index contributed by atoms with van der Waals surface area (Å²) in [5, 5.41) is 1.10. The van der Waals surface area contributed by atoms with Crippen LogP contribution in [0.15, 0.2) is 53.6 Å². The van der Waals surface area contributed by atoms with Crippen molar-refractivity contribution in [1.82, 2.24) is 9.88 Å². The molecule has 0 unspecified atom stereocenters. The molecule has 142 valence electrons. The summed E-state index contributed by atoms with van der Waals surface area (Å²) >= 11 is 2.16. The normalized spacial score (nSPS) is 16.7. The molecular weight excluding hydrogens is 473 g/mol. The number of nitrogens with one attached hydrogen (secondary N) is 2. The van der Waals surface area contributed by atoms with Crippen molar-refractivity contribution in [1.29, 1.82) is 0 Å². The smallest absolute Gasteiger partial charge is 0.261 e. The van der Waals surface area contributed by atoms with Crippen molar-refractivity contribution in [3.63, 3.8) is 0 Å². The van der Waals surface area contributed by atoms with Crippen LogP contribution in [0.4, 0.5) is 5.69 Å². The van der Waals surface area contributed by atoms with Gasteiger partial charge in [0.25, 0.3) is 10.0 Å². The number of aromatic nitrogens is 1. The van der Waals surface area contributed by atoms with Crippen LogP contribution in [0, 0.1) is 3.57 Å². The van der Waals surface area contributed by atoms with Crippen LogP contribution in [-0.2, 0) is 10.0 Å². The number of anilines is 1. The van der Waals surface area contributed by atoms with Gasteiger partial charge in [-0.25, -0.2) is 8.42 Å². The Balaban J connectivity index is 1.63. The van der Waals surface area contributed by atoms with E-state index >= 15 is 0 Å². The number of fused-ring (bicyclic) bond motifs is 1. The molecule has 0 aliphatic carbocycles. The van der Waals surface area contributed by atoms with Gasteiger partial charge in [0.15, 0.2) is 0 Å². The monoisotopic (exact) mass is 495 g/mol. The molecular formula is C20H22IN3O2S. The number of sulfonamides is 1. The molecule has 2 N–H and O–H groups in total. The van der Waals surface area contributed by atoms with Gasteiger partial charge in [0.1, 0.15) is 0 Å². The first-order valence-corrected chi connectivity index (χ1v) is 11.6. The van der Waals surface area contributed by atoms with Crippen molar-refractivity contribution in [2.75, 3.05) is 24.9 Å². The quantitative estimate of drug-likeness (QED) is 0.528. The predicted octanol–water partition coefficient (Wildman–Crippen LogP) is 4.38. The second-order valence-corrected chi connectivity index (χ2v) is 10.1. The molecule has 5 nitrogen and oxygen atoms in total. The Bertz CT molecular complexity index is 1050. The average molecular weight is 495 g/mol. The molecule has 0 radical (unpaired) electrons. The minimum absolute atomic E-state index is 0.271. The lowest BCUT2D eigenvalue weighted by atomic mass is 9.89. The number of piperidine rings is 1. The first-order chi connectivity index (χ1) is 12.9. The van der Waals surface area contributed by atoms with Crippen molar-refractivity contribution in [3.05, 3.63) is 57.8 Å². The minimum atomic E-state index is -3.60. The van der Waals surface area contributed by atoms with Gasteiger partial charge in [-0.1, -0.05) is 0 Å². The van der Waals surface area contributed by atoms with Crippen LogP contribution in [0.5, 0.6) is 0 Å². The molecule has 1 fully saturated rings. The summed E-state index contributed by atoms with van der Waals surface area (Å²) in [4.78, 5) is 5.96. The van der Waals surface area contributed by atoms with Gasteiger partial charge in [0.2, 0.25) is 0 Å². The lowest BCUT2D eigenvalue weighted by molar-refractivity contribution is 0.256. The summed E-state index contributed by atoms with van der Waals surface area (Å²) in [6.45, 7) is 2.19. The number of nitrogens with zero attached hydrogens (tertiary/aromatic N) is 1. The van der Waals surface area contributed by atoms with Gasteiger partial charge < -0.3 is 9.88 Å². The molecule has 0 amide bonds. The highest BCUT2D eigenvalue weighted by Gasteiger charge is 2.21. The third-order valence-corrected chi connectivity index (χ3v) is 7.36. The Morgan fingerprint density at radius 3 is 2.52 bits per heavy atom. The van der Waals surface area contributed by atoms with E-state index in [9.17, 15) is 8.42 Å². The highest BCUT2D eigenvalue weighted by Crippen LogP contribution is 2.34. The Kier molecular flexibility index (Phi) is 5.17. The molecule has 0 bridgehead atoms. The molecule has 7 heteroatoms. The second-order valence-electron chi connectivity index (χ2n) is 7.14. The Labute approximate surface area is 173 Å². The van der Waals surface area contributed by atoms with Crippen molar-refractivity contribution in [2.24, 2.45) is 0 Å². The highest BCUT2D eigenvalue weighted by molar-refractivity contribution is 14.1. The summed E-state index contributed by atoms with van der Waals surface area (Å²) in [5.41, 5.74) is 2.92. The Morgan fingerprint density at radius 1 is 1.11 bits per heavy atom. The van der Waals surface area contributed by atoms with Crippen LogP contribution >= 0.6 is 22.6 Å². The van der Waals surface area contributed by atoms with Gasteiger partial charge >= 0.3 is 0 Å². The summed E-state index contributed by atoms with van der Waals surface area (Å²) in [5.74, 6) is 0.512. The fourth-order valence-corrected chi connectivity index (χ4v) is 5.10. The summed E-state index contributed by atoms with van der Waals surface area (Å²) in [7, 11) is -1.44. The number of hydrogen-bond acceptors (Lipinski definition) is 3. The average Bonchev–Trinajstić information content (AvgIpc) is 3.06. The number of hydrogen-bond donors (Lipinski definition) is 2. The van der Waals surface area contributed by atoms with E-state index in [1.165, 1.54) is 5.56 Å². The maximum absolute atomic E-state index is 12.7. The molecule has 0 atom stereocenters. The molecule has 1 aliphatic rings. The highest BCUT2D eigenvalue weighted by atomic mass is 127. The van der Waals surface area contributed by atoms with Gasteiger partial charge in [0, 0.05) is 26.4 Å². The molecule has 2 aromatic carbocycles. The number of rotatable bonds is 4. The topological polar surface area (TPSA) is 65.2 Å². The van der Waals surface area contributed by atoms with Crippen LogP contribution < -0.4 is 4.72 Å². The largest absolute Gasteiger partial charge is 0.361 e. The van der Waals surface area contributed by atoms with Crippen molar-refractivity contribution in [2.45, 2.75) is 23.7 Å². The molecule has 1 saturated heterocycles. The molecule has 0 spiro atoms. The van der Waals surface area contributed by atoms with Crippen LogP contribution in [0.1, 0.15) is 24.3 Å². The van der Waals surface area contributed by atoms with E-state index in [1.807, 2.05) is 18.2 Å². The number of halogens is 1. The fourth-order valence-electron chi connectivity index (χ4n) is 3.69. The van der Waals surface area contributed by atoms with Gasteiger partial charge in [-0.3, -0.25) is 4.72 Å². The van der Waals surface area contributed by atoms with Crippen LogP contribution in [0.2, 0.25) is 0 Å². The zero-order chi connectivity index (χ0) is 19.0. The SMILES string of the molecule is CN1CCC(c2c[nH]c3ccc(NS(=O)(=O)c4ccc(I)cc4)cc23)CC1. The minimum Gasteiger partial charge on any atom is -0.361 e. The number of benzene rings is 2. The Hall–Kier alpha value is -1.58. The van der Waals surface area contributed by atoms with Crippen LogP contribution in [-0.4, -0.2) is 38.4 Å². The van der Waals surface area contributed by atoms with Gasteiger partial charge in [-0.05, 0) is 110 Å². The molecule has 1 aromatic heterocycles. The van der Waals surface area contributed by atoms with E-state index in [0.29, 0.717) is 11.6 Å². The standard InChI is InChI=1S/C20H22IN3O2S/c1-24-10-8-14(9-11-24)19-13-22-20-7-4-16(12-18(19)20)23-27(25,26)17-5-2-15(21)3-6-17/h2-7,12-14,22-23H,8-11H2,1H3. The van der Waals surface area contributed by atoms with Crippen LogP contribution in [0.25, 0.3) is 10.9 Å². The zero-order valence-corrected chi connectivity index (χ0v) is 18.0. The molecule has 4 rings (SSSR count). The molecule has 27 heavy (non-hydrogen) atoms. The number of H-pyrrole nitrogens is 1. The van der Waals surface area contributed by atoms with E-state index < -0.39 is 10.0 Å². The van der Waals surface area contributed by atoms with E-state index in [1.54, 1.807) is 24.3 Å². The lowest BCUT2D eigenvalue weighted by Gasteiger charge is -2.28. The first-order valence-electron chi connectivity index (χ1n) is 9.00. The molecule has 3 aromatic rings. The number of likely N-dealkylation sites (tertiary alicyclic amines) is 1. The molecule has 2 heterocycles. The van der Waals surface area contributed by atoms with Gasteiger partial charge in [-0.15, -0.1) is 0 Å². The van der Waals surface area contributed by atoms with E-state index in [0.717, 1.165) is 40.4 Å². The Morgan fingerprint density at radius 2 is 1.81 bits per heavy atom. The van der Waals surface area contributed by atoms with Gasteiger partial charge in [-0.2, -0.15) is 0 Å². The fraction of sp³-hybridized carbons (Fsp3) is 0.300. The summed E-state index contributed by atoms with van der Waals surface area (Å²) in [6.07, 6.45) is 4.34. The van der Waals surface area contributed by atoms with Gasteiger partial charge in [0.05, 0.1) is 4.90 Å². The third-order valence-electron chi connectivity index (χ3n) is 5.25. The maximum Gasteiger partial charge on any atom is 0.261 e. The van der Waals surface area contributed by atoms with Crippen molar-refractivity contribution >= 4 is 49.2 Å². The van der Waals surface area contributed by atoms with Crippen LogP contribution in [0.3, 0.4) is 0 Å². The van der Waals surface area contributed by atoms with E-state index in [2.05, 4.69) is 50.4 Å². The van der Waals surface area contributed by atoms with Crippen molar-refractivity contribution in [3.8, 4) is 0 Å². The second kappa shape index (κ2) is 7.44. The van der Waals surface area contributed by atoms with E-state index in [-0.39, 0.29) is 4.90 Å². The maximum atomic E-state index is 12.7.